The molecule has 6 N–H and O–H groups in total. The Labute approximate surface area is 135 Å². The van der Waals surface area contributed by atoms with Crippen molar-refractivity contribution in [1.82, 2.24) is 0 Å². The molecule has 5 nitrogen and oxygen atoms in total. The molecular formula is C18H20N2O3. The fourth-order valence-electron chi connectivity index (χ4n) is 2.16. The molecule has 2 rings (SSSR count). The molecule has 0 bridgehead atoms. The van der Waals surface area contributed by atoms with Crippen molar-refractivity contribution < 1.29 is 14.9 Å². The maximum atomic E-state index is 10.1. The second kappa shape index (κ2) is 6.79. The molecule has 0 spiro atoms. The van der Waals surface area contributed by atoms with Crippen LogP contribution in [0, 0.1) is 0 Å². The summed E-state index contributed by atoms with van der Waals surface area (Å²) in [6.45, 7) is 3.65. The van der Waals surface area contributed by atoms with Gasteiger partial charge in [0, 0.05) is 0 Å². The van der Waals surface area contributed by atoms with Crippen molar-refractivity contribution in [3.05, 3.63) is 47.5 Å². The normalized spacial score (nSPS) is 11.4. The molecule has 0 fully saturated rings. The molecule has 0 unspecified atom stereocenters. The van der Waals surface area contributed by atoms with Gasteiger partial charge in [-0.2, -0.15) is 0 Å². The molecule has 2 aromatic carbocycles. The monoisotopic (exact) mass is 312 g/mol. The van der Waals surface area contributed by atoms with Crippen LogP contribution in [0.5, 0.6) is 23.0 Å². The molecule has 0 saturated heterocycles. The van der Waals surface area contributed by atoms with Crippen molar-refractivity contribution in [2.24, 2.45) is 0 Å². The third-order valence-corrected chi connectivity index (χ3v) is 3.30. The number of aromatic hydroxyl groups is 2. The third kappa shape index (κ3) is 3.23. The van der Waals surface area contributed by atoms with E-state index in [-0.39, 0.29) is 22.9 Å². The van der Waals surface area contributed by atoms with Crippen LogP contribution in [0.2, 0.25) is 0 Å². The molecule has 120 valence electrons. The summed E-state index contributed by atoms with van der Waals surface area (Å²) in [5.74, 6) is 0.746. The molecule has 0 aliphatic rings. The Morgan fingerprint density at radius 1 is 0.783 bits per heavy atom. The van der Waals surface area contributed by atoms with Crippen LogP contribution in [0.15, 0.2) is 36.4 Å². The maximum Gasteiger partial charge on any atom is 0.149 e. The Hall–Kier alpha value is -3.08. The Kier molecular flexibility index (Phi) is 4.81. The molecule has 0 heterocycles. The fraction of sp³-hybridized carbons (Fsp3) is 0.111. The number of hydrogen-bond acceptors (Lipinski definition) is 5. The lowest BCUT2D eigenvalue weighted by Gasteiger charge is -2.15. The number of nitrogen functional groups attached to an aromatic ring is 2. The van der Waals surface area contributed by atoms with E-state index in [1.54, 1.807) is 48.6 Å². The van der Waals surface area contributed by atoms with Crippen molar-refractivity contribution >= 4 is 23.5 Å². The van der Waals surface area contributed by atoms with Gasteiger partial charge >= 0.3 is 0 Å². The molecule has 0 aromatic heterocycles. The van der Waals surface area contributed by atoms with Crippen LogP contribution in [0.1, 0.15) is 25.0 Å². The summed E-state index contributed by atoms with van der Waals surface area (Å²) in [5.41, 5.74) is 12.9. The number of phenols is 2. The first-order valence-electron chi connectivity index (χ1n) is 7.15. The summed E-state index contributed by atoms with van der Waals surface area (Å²) < 4.78 is 5.88. The number of phenolic OH excluding ortho intramolecular Hbond substituents is 2. The van der Waals surface area contributed by atoms with Crippen molar-refractivity contribution in [3.63, 3.8) is 0 Å². The second-order valence-electron chi connectivity index (χ2n) is 4.93. The van der Waals surface area contributed by atoms with Crippen molar-refractivity contribution in [3.8, 4) is 23.0 Å². The standard InChI is InChI=1S/C18H20N2O3/c1-3-5-11-15(9-7-13(19)17(11)21)23-16-10-8-14(20)18(22)12(16)6-4-2/h3-10,21-22H,19-20H2,1-2H3. The van der Waals surface area contributed by atoms with Gasteiger partial charge < -0.3 is 26.4 Å². The maximum absolute atomic E-state index is 10.1. The first-order valence-corrected chi connectivity index (χ1v) is 7.15. The molecule has 0 atom stereocenters. The minimum atomic E-state index is -0.0483. The van der Waals surface area contributed by atoms with Gasteiger partial charge in [-0.1, -0.05) is 24.3 Å². The first-order chi connectivity index (χ1) is 11.0. The molecule has 0 aliphatic heterocycles. The predicted octanol–water partition coefficient (Wildman–Crippen LogP) is 4.12. The minimum Gasteiger partial charge on any atom is -0.505 e. The van der Waals surface area contributed by atoms with E-state index in [4.69, 9.17) is 16.2 Å². The largest absolute Gasteiger partial charge is 0.505 e. The zero-order valence-corrected chi connectivity index (χ0v) is 13.1. The van der Waals surface area contributed by atoms with Crippen LogP contribution in [-0.2, 0) is 0 Å². The van der Waals surface area contributed by atoms with E-state index in [1.807, 2.05) is 13.8 Å². The Morgan fingerprint density at radius 3 is 1.52 bits per heavy atom. The van der Waals surface area contributed by atoms with E-state index in [1.165, 1.54) is 0 Å². The molecule has 23 heavy (non-hydrogen) atoms. The van der Waals surface area contributed by atoms with Gasteiger partial charge in [-0.3, -0.25) is 0 Å². The number of nitrogens with two attached hydrogens (primary N) is 2. The molecule has 2 aromatic rings. The fourth-order valence-corrected chi connectivity index (χ4v) is 2.16. The predicted molar refractivity (Wildman–Crippen MR) is 94.5 cm³/mol. The Balaban J connectivity index is 2.56. The molecular weight excluding hydrogens is 292 g/mol. The minimum absolute atomic E-state index is 0.0483. The highest BCUT2D eigenvalue weighted by molar-refractivity contribution is 5.75. The summed E-state index contributed by atoms with van der Waals surface area (Å²) in [6.07, 6.45) is 6.95. The van der Waals surface area contributed by atoms with Crippen LogP contribution in [0.25, 0.3) is 12.2 Å². The SMILES string of the molecule is CC=Cc1c(Oc2ccc(N)c(O)c2C=CC)ccc(N)c1O. The lowest BCUT2D eigenvalue weighted by molar-refractivity contribution is 0.445. The first kappa shape index (κ1) is 16.3. The van der Waals surface area contributed by atoms with Gasteiger partial charge in [0.25, 0.3) is 0 Å². The van der Waals surface area contributed by atoms with E-state index in [0.717, 1.165) is 0 Å². The lowest BCUT2D eigenvalue weighted by atomic mass is 10.1. The topological polar surface area (TPSA) is 102 Å². The Bertz CT molecular complexity index is 715. The van der Waals surface area contributed by atoms with E-state index < -0.39 is 0 Å². The quantitative estimate of drug-likeness (QED) is 0.502. The summed E-state index contributed by atoms with van der Waals surface area (Å²) in [7, 11) is 0. The zero-order valence-electron chi connectivity index (χ0n) is 13.1. The van der Waals surface area contributed by atoms with Gasteiger partial charge in [-0.25, -0.2) is 0 Å². The average molecular weight is 312 g/mol. The van der Waals surface area contributed by atoms with E-state index in [0.29, 0.717) is 22.6 Å². The number of ether oxygens (including phenoxy) is 1. The van der Waals surface area contributed by atoms with Crippen molar-refractivity contribution in [1.29, 1.82) is 0 Å². The second-order valence-corrected chi connectivity index (χ2v) is 4.93. The van der Waals surface area contributed by atoms with Crippen LogP contribution >= 0.6 is 0 Å². The highest BCUT2D eigenvalue weighted by Gasteiger charge is 2.14. The lowest BCUT2D eigenvalue weighted by Crippen LogP contribution is -1.95. The summed E-state index contributed by atoms with van der Waals surface area (Å²) >= 11 is 0. The summed E-state index contributed by atoms with van der Waals surface area (Å²) in [5, 5.41) is 20.2. The summed E-state index contributed by atoms with van der Waals surface area (Å²) in [4.78, 5) is 0. The highest BCUT2D eigenvalue weighted by atomic mass is 16.5. The number of anilines is 2. The number of rotatable bonds is 4. The number of allylic oxidation sites excluding steroid dienone is 2. The van der Waals surface area contributed by atoms with Crippen LogP contribution in [0.3, 0.4) is 0 Å². The van der Waals surface area contributed by atoms with Gasteiger partial charge in [-0.05, 0) is 38.1 Å². The van der Waals surface area contributed by atoms with Gasteiger partial charge in [0.05, 0.1) is 22.5 Å². The van der Waals surface area contributed by atoms with E-state index in [9.17, 15) is 10.2 Å². The van der Waals surface area contributed by atoms with E-state index in [2.05, 4.69) is 0 Å². The zero-order chi connectivity index (χ0) is 17.0. The van der Waals surface area contributed by atoms with Gasteiger partial charge in [-0.15, -0.1) is 0 Å². The smallest absolute Gasteiger partial charge is 0.149 e. The average Bonchev–Trinajstić information content (AvgIpc) is 2.53. The van der Waals surface area contributed by atoms with E-state index >= 15 is 0 Å². The molecule has 0 aliphatic carbocycles. The highest BCUT2D eigenvalue weighted by Crippen LogP contribution is 2.40. The number of hydrogen-bond donors (Lipinski definition) is 4. The van der Waals surface area contributed by atoms with Crippen LogP contribution in [0.4, 0.5) is 11.4 Å². The van der Waals surface area contributed by atoms with Crippen molar-refractivity contribution in [2.75, 3.05) is 11.5 Å². The van der Waals surface area contributed by atoms with Gasteiger partial charge in [0.2, 0.25) is 0 Å². The number of benzene rings is 2. The molecule has 0 radical (unpaired) electrons. The molecule has 5 heteroatoms. The Morgan fingerprint density at radius 2 is 1.17 bits per heavy atom. The summed E-state index contributed by atoms with van der Waals surface area (Å²) in [6, 6.07) is 6.45. The van der Waals surface area contributed by atoms with Crippen LogP contribution in [-0.4, -0.2) is 10.2 Å². The molecule has 0 saturated carbocycles. The molecule has 0 amide bonds. The van der Waals surface area contributed by atoms with Gasteiger partial charge in [0.1, 0.15) is 23.0 Å². The van der Waals surface area contributed by atoms with Gasteiger partial charge in [0.15, 0.2) is 0 Å². The van der Waals surface area contributed by atoms with Crippen LogP contribution < -0.4 is 16.2 Å². The van der Waals surface area contributed by atoms with Crippen molar-refractivity contribution in [2.45, 2.75) is 13.8 Å². The third-order valence-electron chi connectivity index (χ3n) is 3.30.